The zero-order valence-electron chi connectivity index (χ0n) is 12.4. The van der Waals surface area contributed by atoms with Crippen molar-refractivity contribution >= 4 is 0 Å². The van der Waals surface area contributed by atoms with Gasteiger partial charge >= 0.3 is 0 Å². The van der Waals surface area contributed by atoms with E-state index < -0.39 is 0 Å². The van der Waals surface area contributed by atoms with Crippen LogP contribution in [-0.2, 0) is 6.42 Å². The molecule has 1 nitrogen and oxygen atoms in total. The summed E-state index contributed by atoms with van der Waals surface area (Å²) in [7, 11) is 0. The van der Waals surface area contributed by atoms with Gasteiger partial charge in [-0.3, -0.25) is 0 Å². The molecule has 108 valence electrons. The highest BCUT2D eigenvalue weighted by molar-refractivity contribution is 5.15. The van der Waals surface area contributed by atoms with Crippen LogP contribution in [0.15, 0.2) is 30.3 Å². The van der Waals surface area contributed by atoms with Gasteiger partial charge in [0.2, 0.25) is 0 Å². The van der Waals surface area contributed by atoms with Gasteiger partial charge in [-0.25, -0.2) is 0 Å². The molecular formula is C19H27N. The Bertz CT molecular complexity index is 429. The lowest BCUT2D eigenvalue weighted by atomic mass is 9.47. The number of rotatable bonds is 4. The molecule has 4 fully saturated rings. The van der Waals surface area contributed by atoms with Crippen LogP contribution in [0.5, 0.6) is 0 Å². The minimum absolute atomic E-state index is 0.427. The van der Waals surface area contributed by atoms with E-state index in [-0.39, 0.29) is 0 Å². The van der Waals surface area contributed by atoms with Crippen LogP contribution in [0.4, 0.5) is 0 Å². The molecule has 1 heteroatoms. The number of nitrogens with two attached hydrogens (primary N) is 1. The quantitative estimate of drug-likeness (QED) is 0.872. The van der Waals surface area contributed by atoms with Crippen LogP contribution in [0.25, 0.3) is 0 Å². The summed E-state index contributed by atoms with van der Waals surface area (Å²) >= 11 is 0. The number of aryl methyl sites for hydroxylation is 1. The van der Waals surface area contributed by atoms with E-state index in [4.69, 9.17) is 5.73 Å². The minimum atomic E-state index is 0.427. The van der Waals surface area contributed by atoms with Crippen LogP contribution >= 0.6 is 0 Å². The molecular weight excluding hydrogens is 242 g/mol. The van der Waals surface area contributed by atoms with Crippen molar-refractivity contribution in [2.45, 2.75) is 57.4 Å². The first-order valence-electron chi connectivity index (χ1n) is 8.53. The molecule has 5 rings (SSSR count). The highest BCUT2D eigenvalue weighted by Gasteiger charge is 2.52. The van der Waals surface area contributed by atoms with Crippen LogP contribution in [0.3, 0.4) is 0 Å². The third-order valence-corrected chi connectivity index (χ3v) is 6.46. The molecule has 1 unspecified atom stereocenters. The summed E-state index contributed by atoms with van der Waals surface area (Å²) in [5, 5.41) is 0. The van der Waals surface area contributed by atoms with Gasteiger partial charge < -0.3 is 5.73 Å². The van der Waals surface area contributed by atoms with Crippen molar-refractivity contribution in [3.05, 3.63) is 35.9 Å². The first kappa shape index (κ1) is 12.9. The molecule has 4 saturated carbocycles. The zero-order chi connectivity index (χ0) is 13.6. The topological polar surface area (TPSA) is 26.0 Å². The van der Waals surface area contributed by atoms with Crippen LogP contribution in [0.1, 0.15) is 50.5 Å². The molecule has 20 heavy (non-hydrogen) atoms. The van der Waals surface area contributed by atoms with Crippen molar-refractivity contribution < 1.29 is 0 Å². The minimum Gasteiger partial charge on any atom is -0.327 e. The highest BCUT2D eigenvalue weighted by atomic mass is 14.7. The molecule has 0 radical (unpaired) electrons. The predicted molar refractivity (Wildman–Crippen MR) is 83.3 cm³/mol. The van der Waals surface area contributed by atoms with E-state index in [1.807, 2.05) is 0 Å². The van der Waals surface area contributed by atoms with Crippen molar-refractivity contribution in [1.82, 2.24) is 0 Å². The Hall–Kier alpha value is -0.820. The average molecular weight is 269 g/mol. The second kappa shape index (κ2) is 4.87. The van der Waals surface area contributed by atoms with E-state index in [0.29, 0.717) is 11.5 Å². The molecule has 4 aliphatic carbocycles. The Labute approximate surface area is 122 Å². The summed E-state index contributed by atoms with van der Waals surface area (Å²) in [5.74, 6) is 3.05. The lowest BCUT2D eigenvalue weighted by molar-refractivity contribution is -0.0680. The van der Waals surface area contributed by atoms with Crippen LogP contribution in [-0.4, -0.2) is 6.04 Å². The highest BCUT2D eigenvalue weighted by Crippen LogP contribution is 2.61. The third kappa shape index (κ3) is 2.20. The van der Waals surface area contributed by atoms with E-state index in [1.165, 1.54) is 50.5 Å². The van der Waals surface area contributed by atoms with Crippen molar-refractivity contribution in [1.29, 1.82) is 0 Å². The molecule has 0 aromatic heterocycles. The summed E-state index contributed by atoms with van der Waals surface area (Å²) in [4.78, 5) is 0. The zero-order valence-corrected chi connectivity index (χ0v) is 12.4. The monoisotopic (exact) mass is 269 g/mol. The molecule has 1 aromatic rings. The van der Waals surface area contributed by atoms with Gasteiger partial charge in [0.15, 0.2) is 0 Å². The molecule has 1 aromatic carbocycles. The molecule has 4 bridgehead atoms. The number of hydrogen-bond donors (Lipinski definition) is 1. The van der Waals surface area contributed by atoms with E-state index in [1.54, 1.807) is 0 Å². The Morgan fingerprint density at radius 1 is 0.950 bits per heavy atom. The Morgan fingerprint density at radius 3 is 2.05 bits per heavy atom. The summed E-state index contributed by atoms with van der Waals surface area (Å²) in [5.41, 5.74) is 8.69. The lowest BCUT2D eigenvalue weighted by Crippen LogP contribution is -2.54. The van der Waals surface area contributed by atoms with Gasteiger partial charge in [0.25, 0.3) is 0 Å². The standard InChI is InChI=1S/C19H27N/c20-18(7-6-14-4-2-1-3-5-14)19-11-15-8-16(12-19)10-17(9-15)13-19/h1-5,15-18H,6-13,20H2. The maximum atomic E-state index is 6.72. The molecule has 0 heterocycles. The van der Waals surface area contributed by atoms with E-state index >= 15 is 0 Å². The molecule has 0 spiro atoms. The fraction of sp³-hybridized carbons (Fsp3) is 0.684. The van der Waals surface area contributed by atoms with Gasteiger partial charge in [0.1, 0.15) is 0 Å². The Kier molecular flexibility index (Phi) is 3.14. The molecule has 0 aliphatic heterocycles. The van der Waals surface area contributed by atoms with Crippen molar-refractivity contribution in [3.63, 3.8) is 0 Å². The second-order valence-corrected chi connectivity index (χ2v) is 7.91. The Morgan fingerprint density at radius 2 is 1.50 bits per heavy atom. The average Bonchev–Trinajstić information content (AvgIpc) is 2.44. The maximum Gasteiger partial charge on any atom is 0.00990 e. The van der Waals surface area contributed by atoms with Crippen LogP contribution in [0.2, 0.25) is 0 Å². The lowest BCUT2D eigenvalue weighted by Gasteiger charge is -2.59. The Balaban J connectivity index is 1.44. The third-order valence-electron chi connectivity index (χ3n) is 6.46. The van der Waals surface area contributed by atoms with E-state index in [0.717, 1.165) is 24.2 Å². The normalized spacial score (nSPS) is 40.0. The van der Waals surface area contributed by atoms with Crippen LogP contribution in [0, 0.1) is 23.2 Å². The van der Waals surface area contributed by atoms with Gasteiger partial charge in [-0.05, 0) is 80.1 Å². The first-order valence-corrected chi connectivity index (χ1v) is 8.53. The molecule has 1 atom stereocenters. The van der Waals surface area contributed by atoms with Crippen molar-refractivity contribution in [2.75, 3.05) is 0 Å². The summed E-state index contributed by atoms with van der Waals surface area (Å²) < 4.78 is 0. The molecule has 4 aliphatic rings. The number of hydrogen-bond acceptors (Lipinski definition) is 1. The van der Waals surface area contributed by atoms with Gasteiger partial charge in [-0.2, -0.15) is 0 Å². The van der Waals surface area contributed by atoms with Gasteiger partial charge in [-0.15, -0.1) is 0 Å². The van der Waals surface area contributed by atoms with Gasteiger partial charge in [0.05, 0.1) is 0 Å². The van der Waals surface area contributed by atoms with Gasteiger partial charge in [-0.1, -0.05) is 30.3 Å². The molecule has 0 amide bonds. The predicted octanol–water partition coefficient (Wildman–Crippen LogP) is 4.16. The van der Waals surface area contributed by atoms with Gasteiger partial charge in [0, 0.05) is 6.04 Å². The summed E-state index contributed by atoms with van der Waals surface area (Å²) in [6, 6.07) is 11.3. The maximum absolute atomic E-state index is 6.72. The molecule has 2 N–H and O–H groups in total. The largest absolute Gasteiger partial charge is 0.327 e. The second-order valence-electron chi connectivity index (χ2n) is 7.91. The van der Waals surface area contributed by atoms with Crippen molar-refractivity contribution in [3.8, 4) is 0 Å². The fourth-order valence-electron chi connectivity index (χ4n) is 5.90. The first-order chi connectivity index (χ1) is 9.73. The summed E-state index contributed by atoms with van der Waals surface area (Å²) in [6.45, 7) is 0. The summed E-state index contributed by atoms with van der Waals surface area (Å²) in [6.07, 6.45) is 11.2. The van der Waals surface area contributed by atoms with E-state index in [9.17, 15) is 0 Å². The van der Waals surface area contributed by atoms with E-state index in [2.05, 4.69) is 30.3 Å². The van der Waals surface area contributed by atoms with Crippen molar-refractivity contribution in [2.24, 2.45) is 28.9 Å². The van der Waals surface area contributed by atoms with Crippen LogP contribution < -0.4 is 5.73 Å². The SMILES string of the molecule is NC(CCc1ccccc1)C12CC3CC(CC(C3)C1)C2. The smallest absolute Gasteiger partial charge is 0.00990 e. The fourth-order valence-corrected chi connectivity index (χ4v) is 5.90. The number of benzene rings is 1. The molecule has 0 saturated heterocycles.